The summed E-state index contributed by atoms with van der Waals surface area (Å²) in [6, 6.07) is 41.5. The summed E-state index contributed by atoms with van der Waals surface area (Å²) in [6.07, 6.45) is 0. The number of nitrogens with one attached hydrogen (secondary N) is 1. The number of benzene rings is 6. The number of amides is 1. The van der Waals surface area contributed by atoms with Gasteiger partial charge in [-0.2, -0.15) is 0 Å². The molecule has 0 spiro atoms. The lowest BCUT2D eigenvalue weighted by Crippen LogP contribution is -2.07. The third-order valence-electron chi connectivity index (χ3n) is 8.01. The summed E-state index contributed by atoms with van der Waals surface area (Å²) in [5.74, 6) is -0.0891. The van der Waals surface area contributed by atoms with Crippen molar-refractivity contribution in [2.75, 3.05) is 5.32 Å². The zero-order valence-electron chi connectivity index (χ0n) is 24.9. The molecule has 2 nitrogen and oxygen atoms in total. The standard InChI is InChI=1S/C40H35NO/c1-25-9-17-30(18-10-25)36-34-7-6-8-35(41-29(5)42)40(34)39(33-23-15-28(4)16-24-33)38(32-21-13-27(3)14-22-32)37(36)31-19-11-26(2)12-20-31/h6-24H,1-5H3,(H,41,42). The minimum atomic E-state index is -0.0891. The fourth-order valence-corrected chi connectivity index (χ4v) is 5.88. The van der Waals surface area contributed by atoms with Gasteiger partial charge >= 0.3 is 0 Å². The van der Waals surface area contributed by atoms with Crippen LogP contribution in [-0.4, -0.2) is 5.91 Å². The first-order valence-corrected chi connectivity index (χ1v) is 14.5. The number of hydrogen-bond acceptors (Lipinski definition) is 1. The summed E-state index contributed by atoms with van der Waals surface area (Å²) < 4.78 is 0. The quantitative estimate of drug-likeness (QED) is 0.229. The summed E-state index contributed by atoms with van der Waals surface area (Å²) in [7, 11) is 0. The Bertz CT molecular complexity index is 1910. The lowest BCUT2D eigenvalue weighted by atomic mass is 9.78. The van der Waals surface area contributed by atoms with E-state index < -0.39 is 0 Å². The van der Waals surface area contributed by atoms with Crippen LogP contribution in [0.4, 0.5) is 5.69 Å². The molecular weight excluding hydrogens is 510 g/mol. The largest absolute Gasteiger partial charge is 0.326 e. The first-order chi connectivity index (χ1) is 20.3. The van der Waals surface area contributed by atoms with E-state index in [9.17, 15) is 4.79 Å². The zero-order valence-corrected chi connectivity index (χ0v) is 24.9. The molecule has 0 heterocycles. The molecule has 0 aliphatic carbocycles. The summed E-state index contributed by atoms with van der Waals surface area (Å²) in [6.45, 7) is 10.1. The molecule has 0 radical (unpaired) electrons. The molecule has 6 aromatic carbocycles. The zero-order chi connectivity index (χ0) is 29.4. The Kier molecular flexibility index (Phi) is 7.22. The van der Waals surface area contributed by atoms with E-state index in [1.54, 1.807) is 6.92 Å². The van der Waals surface area contributed by atoms with Crippen molar-refractivity contribution in [1.82, 2.24) is 0 Å². The van der Waals surface area contributed by atoms with Gasteiger partial charge in [0.15, 0.2) is 0 Å². The van der Waals surface area contributed by atoms with Crippen LogP contribution >= 0.6 is 0 Å². The molecule has 1 N–H and O–H groups in total. The van der Waals surface area contributed by atoms with Gasteiger partial charge in [-0.25, -0.2) is 0 Å². The lowest BCUT2D eigenvalue weighted by molar-refractivity contribution is -0.114. The average Bonchev–Trinajstić information content (AvgIpc) is 2.98. The van der Waals surface area contributed by atoms with Crippen LogP contribution in [0.1, 0.15) is 29.2 Å². The van der Waals surface area contributed by atoms with Crippen LogP contribution < -0.4 is 5.32 Å². The van der Waals surface area contributed by atoms with E-state index in [2.05, 4.69) is 142 Å². The Morgan fingerprint density at radius 1 is 0.452 bits per heavy atom. The maximum Gasteiger partial charge on any atom is 0.221 e. The van der Waals surface area contributed by atoms with Gasteiger partial charge in [0.05, 0.1) is 0 Å². The number of fused-ring (bicyclic) bond motifs is 1. The van der Waals surface area contributed by atoms with Crippen LogP contribution in [0, 0.1) is 27.7 Å². The Morgan fingerprint density at radius 2 is 0.810 bits per heavy atom. The molecular formula is C40H35NO. The molecule has 0 bridgehead atoms. The van der Waals surface area contributed by atoms with Gasteiger partial charge < -0.3 is 5.32 Å². The highest BCUT2D eigenvalue weighted by atomic mass is 16.1. The molecule has 0 atom stereocenters. The smallest absolute Gasteiger partial charge is 0.221 e. The van der Waals surface area contributed by atoms with Gasteiger partial charge in [0.1, 0.15) is 0 Å². The molecule has 0 unspecified atom stereocenters. The van der Waals surface area contributed by atoms with Gasteiger partial charge in [0.25, 0.3) is 0 Å². The lowest BCUT2D eigenvalue weighted by Gasteiger charge is -2.26. The van der Waals surface area contributed by atoms with E-state index in [4.69, 9.17) is 0 Å². The third-order valence-corrected chi connectivity index (χ3v) is 8.01. The first kappa shape index (κ1) is 27.2. The molecule has 0 aliphatic heterocycles. The number of anilines is 1. The number of rotatable bonds is 5. The highest BCUT2D eigenvalue weighted by Gasteiger charge is 2.25. The molecule has 206 valence electrons. The van der Waals surface area contributed by atoms with Crippen molar-refractivity contribution in [3.8, 4) is 44.5 Å². The minimum Gasteiger partial charge on any atom is -0.326 e. The van der Waals surface area contributed by atoms with E-state index in [-0.39, 0.29) is 5.91 Å². The van der Waals surface area contributed by atoms with Gasteiger partial charge in [-0.15, -0.1) is 0 Å². The molecule has 0 saturated carbocycles. The number of carbonyl (C=O) groups excluding carboxylic acids is 1. The van der Waals surface area contributed by atoms with Crippen molar-refractivity contribution < 1.29 is 4.79 Å². The fourth-order valence-electron chi connectivity index (χ4n) is 5.88. The highest BCUT2D eigenvalue weighted by Crippen LogP contribution is 2.52. The van der Waals surface area contributed by atoms with Gasteiger partial charge in [-0.1, -0.05) is 131 Å². The minimum absolute atomic E-state index is 0.0891. The topological polar surface area (TPSA) is 29.1 Å². The SMILES string of the molecule is CC(=O)Nc1cccc2c(-c3ccc(C)cc3)c(-c3ccc(C)cc3)c(-c3ccc(C)cc3)c(-c3ccc(C)cc3)c12. The molecule has 6 rings (SSSR count). The van der Waals surface area contributed by atoms with Gasteiger partial charge in [-0.3, -0.25) is 4.79 Å². The first-order valence-electron chi connectivity index (χ1n) is 14.5. The van der Waals surface area contributed by atoms with Crippen LogP contribution in [-0.2, 0) is 4.79 Å². The molecule has 0 aliphatic rings. The summed E-state index contributed by atoms with van der Waals surface area (Å²) in [5, 5.41) is 5.32. The van der Waals surface area contributed by atoms with Crippen LogP contribution in [0.3, 0.4) is 0 Å². The maximum absolute atomic E-state index is 12.5. The van der Waals surface area contributed by atoms with Gasteiger partial charge in [0.2, 0.25) is 5.91 Å². The summed E-state index contributed by atoms with van der Waals surface area (Å²) >= 11 is 0. The number of carbonyl (C=O) groups is 1. The second-order valence-electron chi connectivity index (χ2n) is 11.4. The van der Waals surface area contributed by atoms with E-state index in [1.807, 2.05) is 6.07 Å². The Balaban J connectivity index is 1.91. The van der Waals surface area contributed by atoms with E-state index in [1.165, 1.54) is 27.8 Å². The monoisotopic (exact) mass is 545 g/mol. The molecule has 6 aromatic rings. The van der Waals surface area contributed by atoms with Crippen molar-refractivity contribution >= 4 is 22.4 Å². The van der Waals surface area contributed by atoms with E-state index in [0.29, 0.717) is 0 Å². The third kappa shape index (κ3) is 5.12. The van der Waals surface area contributed by atoms with Crippen LogP contribution in [0.25, 0.3) is 55.3 Å². The summed E-state index contributed by atoms with van der Waals surface area (Å²) in [5.41, 5.74) is 14.8. The molecule has 1 amide bonds. The van der Waals surface area contributed by atoms with Crippen LogP contribution in [0.2, 0.25) is 0 Å². The van der Waals surface area contributed by atoms with Crippen molar-refractivity contribution in [2.24, 2.45) is 0 Å². The fraction of sp³-hybridized carbons (Fsp3) is 0.125. The van der Waals surface area contributed by atoms with Crippen molar-refractivity contribution in [1.29, 1.82) is 0 Å². The van der Waals surface area contributed by atoms with E-state index in [0.717, 1.165) is 55.4 Å². The van der Waals surface area contributed by atoms with Crippen LogP contribution in [0.5, 0.6) is 0 Å². The second kappa shape index (κ2) is 11.1. The van der Waals surface area contributed by atoms with Crippen molar-refractivity contribution in [3.05, 3.63) is 138 Å². The van der Waals surface area contributed by atoms with Crippen LogP contribution in [0.15, 0.2) is 115 Å². The van der Waals surface area contributed by atoms with E-state index >= 15 is 0 Å². The van der Waals surface area contributed by atoms with Crippen molar-refractivity contribution in [2.45, 2.75) is 34.6 Å². The number of aryl methyl sites for hydroxylation is 4. The predicted octanol–water partition coefficient (Wildman–Crippen LogP) is 10.7. The van der Waals surface area contributed by atoms with Crippen molar-refractivity contribution in [3.63, 3.8) is 0 Å². The van der Waals surface area contributed by atoms with Gasteiger partial charge in [0, 0.05) is 23.6 Å². The highest BCUT2D eigenvalue weighted by molar-refractivity contribution is 6.22. The predicted molar refractivity (Wildman–Crippen MR) is 179 cm³/mol. The molecule has 0 saturated heterocycles. The summed E-state index contributed by atoms with van der Waals surface area (Å²) in [4.78, 5) is 12.5. The average molecular weight is 546 g/mol. The Hall–Kier alpha value is -4.95. The second-order valence-corrected chi connectivity index (χ2v) is 11.4. The molecule has 42 heavy (non-hydrogen) atoms. The maximum atomic E-state index is 12.5. The molecule has 2 heteroatoms. The van der Waals surface area contributed by atoms with Gasteiger partial charge in [-0.05, 0) is 78.1 Å². The normalized spacial score (nSPS) is 11.1. The Labute approximate surface area is 248 Å². The molecule has 0 fully saturated rings. The Morgan fingerprint density at radius 3 is 1.21 bits per heavy atom. The molecule has 0 aromatic heterocycles. The number of hydrogen-bond donors (Lipinski definition) is 1.